The Kier molecular flexibility index (Phi) is 8.51. The topological polar surface area (TPSA) is 79.0 Å². The number of hydrogen-bond acceptors (Lipinski definition) is 6. The van der Waals surface area contributed by atoms with Gasteiger partial charge in [-0.2, -0.15) is 21.6 Å². The van der Waals surface area contributed by atoms with E-state index in [9.17, 15) is 26.4 Å². The van der Waals surface area contributed by atoms with Crippen molar-refractivity contribution >= 4 is 16.0 Å². The molecule has 1 aliphatic carbocycles. The van der Waals surface area contributed by atoms with E-state index in [4.69, 9.17) is 0 Å². The highest BCUT2D eigenvalue weighted by atomic mass is 32.2. The number of alkyl halides is 3. The molecule has 11 heteroatoms. The van der Waals surface area contributed by atoms with Gasteiger partial charge in [-0.25, -0.2) is 0 Å². The van der Waals surface area contributed by atoms with Gasteiger partial charge in [0.15, 0.2) is 0 Å². The third kappa shape index (κ3) is 6.04. The molecule has 1 amide bonds. The van der Waals surface area contributed by atoms with E-state index in [-0.39, 0.29) is 29.7 Å². The van der Waals surface area contributed by atoms with Gasteiger partial charge in [-0.1, -0.05) is 13.0 Å². The van der Waals surface area contributed by atoms with E-state index in [1.54, 1.807) is 25.1 Å². The standard InChI is InChI=1S/C23H34F3N3O4S/c1-4-13-29(21(22(30)28(2)3)17-9-11-27-12-10-17)19-7-5-16-6-8-20(15-18(16)14-19)33-34(31,32)23(24,25)26/h6,8,15,17,19,21,27H,4-5,7,9-14H2,1-3H3. The summed E-state index contributed by atoms with van der Waals surface area (Å²) in [4.78, 5) is 17.2. The average molecular weight is 506 g/mol. The summed E-state index contributed by atoms with van der Waals surface area (Å²) in [6, 6.07) is 4.04. The van der Waals surface area contributed by atoms with Gasteiger partial charge in [0.25, 0.3) is 0 Å². The Morgan fingerprint density at radius 1 is 1.18 bits per heavy atom. The van der Waals surface area contributed by atoms with Crippen LogP contribution in [0.2, 0.25) is 0 Å². The van der Waals surface area contributed by atoms with Crippen LogP contribution >= 0.6 is 0 Å². The predicted molar refractivity (Wildman–Crippen MR) is 123 cm³/mol. The molecule has 1 fully saturated rings. The van der Waals surface area contributed by atoms with E-state index >= 15 is 0 Å². The minimum Gasteiger partial charge on any atom is -0.376 e. The van der Waals surface area contributed by atoms with Crippen LogP contribution in [0.1, 0.15) is 43.7 Å². The van der Waals surface area contributed by atoms with Gasteiger partial charge in [0.1, 0.15) is 5.75 Å². The van der Waals surface area contributed by atoms with Crippen LogP contribution in [0.25, 0.3) is 0 Å². The van der Waals surface area contributed by atoms with Crippen molar-refractivity contribution in [3.05, 3.63) is 29.3 Å². The fraction of sp³-hybridized carbons (Fsp3) is 0.696. The number of benzene rings is 1. The Labute approximate surface area is 199 Å². The summed E-state index contributed by atoms with van der Waals surface area (Å²) in [6.07, 6.45) is 4.69. The number of amides is 1. The molecule has 3 rings (SSSR count). The van der Waals surface area contributed by atoms with Gasteiger partial charge in [0.05, 0.1) is 6.04 Å². The molecule has 0 bridgehead atoms. The minimum atomic E-state index is -5.73. The van der Waals surface area contributed by atoms with Gasteiger partial charge < -0.3 is 14.4 Å². The maximum atomic E-state index is 13.3. The molecule has 2 aliphatic rings. The van der Waals surface area contributed by atoms with Gasteiger partial charge >= 0.3 is 15.6 Å². The highest BCUT2D eigenvalue weighted by molar-refractivity contribution is 7.88. The van der Waals surface area contributed by atoms with Gasteiger partial charge in [-0.05, 0) is 87.3 Å². The lowest BCUT2D eigenvalue weighted by Gasteiger charge is -2.44. The van der Waals surface area contributed by atoms with Crippen LogP contribution in [0, 0.1) is 5.92 Å². The minimum absolute atomic E-state index is 0.0192. The lowest BCUT2D eigenvalue weighted by molar-refractivity contribution is -0.138. The number of aryl methyl sites for hydroxylation is 1. The Balaban J connectivity index is 1.88. The molecule has 2 atom stereocenters. The van der Waals surface area contributed by atoms with Crippen LogP contribution in [0.4, 0.5) is 13.2 Å². The number of halogens is 3. The molecular formula is C23H34F3N3O4S. The lowest BCUT2D eigenvalue weighted by Crippen LogP contribution is -2.57. The summed E-state index contributed by atoms with van der Waals surface area (Å²) in [7, 11) is -2.20. The van der Waals surface area contributed by atoms with Crippen molar-refractivity contribution in [1.82, 2.24) is 15.1 Å². The molecular weight excluding hydrogens is 471 g/mol. The van der Waals surface area contributed by atoms with Crippen molar-refractivity contribution in [2.45, 2.75) is 63.0 Å². The van der Waals surface area contributed by atoms with Crippen molar-refractivity contribution in [2.75, 3.05) is 33.7 Å². The maximum absolute atomic E-state index is 13.3. The molecule has 1 aromatic carbocycles. The van der Waals surface area contributed by atoms with Gasteiger partial charge in [-0.3, -0.25) is 9.69 Å². The molecule has 1 aromatic rings. The zero-order valence-electron chi connectivity index (χ0n) is 19.9. The van der Waals surface area contributed by atoms with Crippen molar-refractivity contribution in [3.63, 3.8) is 0 Å². The highest BCUT2D eigenvalue weighted by Crippen LogP contribution is 2.34. The highest BCUT2D eigenvalue weighted by Gasteiger charge is 2.48. The van der Waals surface area contributed by atoms with E-state index in [0.717, 1.165) is 56.4 Å². The van der Waals surface area contributed by atoms with E-state index in [1.165, 1.54) is 12.1 Å². The molecule has 192 valence electrons. The van der Waals surface area contributed by atoms with E-state index in [0.29, 0.717) is 12.8 Å². The number of nitrogens with one attached hydrogen (secondary N) is 1. The third-order valence-corrected chi connectivity index (χ3v) is 7.68. The monoisotopic (exact) mass is 505 g/mol. The Morgan fingerprint density at radius 3 is 2.44 bits per heavy atom. The zero-order valence-corrected chi connectivity index (χ0v) is 20.7. The fourth-order valence-corrected chi connectivity index (χ4v) is 5.52. The van der Waals surface area contributed by atoms with Crippen molar-refractivity contribution in [1.29, 1.82) is 0 Å². The number of hydrogen-bond donors (Lipinski definition) is 1. The molecule has 1 aliphatic heterocycles. The summed E-state index contributed by atoms with van der Waals surface area (Å²) < 4.78 is 65.5. The first-order chi connectivity index (χ1) is 15.9. The average Bonchev–Trinajstić information content (AvgIpc) is 2.77. The molecule has 7 nitrogen and oxygen atoms in total. The molecule has 0 radical (unpaired) electrons. The van der Waals surface area contributed by atoms with Crippen LogP contribution in [0.3, 0.4) is 0 Å². The number of carbonyl (C=O) groups excluding carboxylic acids is 1. The van der Waals surface area contributed by atoms with Crippen LogP contribution in [-0.4, -0.2) is 75.4 Å². The smallest absolute Gasteiger partial charge is 0.376 e. The van der Waals surface area contributed by atoms with E-state index < -0.39 is 15.6 Å². The lowest BCUT2D eigenvalue weighted by atomic mass is 9.83. The fourth-order valence-electron chi connectivity index (χ4n) is 5.07. The summed E-state index contributed by atoms with van der Waals surface area (Å²) in [5, 5.41) is 3.35. The second kappa shape index (κ2) is 10.8. The first kappa shape index (κ1) is 26.7. The van der Waals surface area contributed by atoms with Crippen molar-refractivity contribution in [3.8, 4) is 5.75 Å². The van der Waals surface area contributed by atoms with Gasteiger partial charge in [0, 0.05) is 20.1 Å². The van der Waals surface area contributed by atoms with Gasteiger partial charge in [-0.15, -0.1) is 0 Å². The summed E-state index contributed by atoms with van der Waals surface area (Å²) in [5.74, 6) is -0.0618. The molecule has 0 saturated carbocycles. The van der Waals surface area contributed by atoms with E-state index in [1.807, 2.05) is 0 Å². The summed E-state index contributed by atoms with van der Waals surface area (Å²) in [6.45, 7) is 4.53. The second-order valence-electron chi connectivity index (χ2n) is 9.31. The molecule has 1 N–H and O–H groups in total. The molecule has 34 heavy (non-hydrogen) atoms. The summed E-state index contributed by atoms with van der Waals surface area (Å²) >= 11 is 0. The zero-order chi connectivity index (χ0) is 25.1. The number of nitrogens with zero attached hydrogens (tertiary/aromatic N) is 2. The van der Waals surface area contributed by atoms with Crippen LogP contribution < -0.4 is 9.50 Å². The third-order valence-electron chi connectivity index (χ3n) is 6.70. The number of carbonyl (C=O) groups is 1. The van der Waals surface area contributed by atoms with E-state index in [2.05, 4.69) is 21.3 Å². The molecule has 0 aromatic heterocycles. The molecule has 1 saturated heterocycles. The van der Waals surface area contributed by atoms with Crippen molar-refractivity contribution in [2.24, 2.45) is 5.92 Å². The molecule has 2 unspecified atom stereocenters. The normalized spacial score (nSPS) is 20.6. The second-order valence-corrected chi connectivity index (χ2v) is 10.9. The first-order valence-electron chi connectivity index (χ1n) is 11.7. The quantitative estimate of drug-likeness (QED) is 0.432. The Hall–Kier alpha value is -1.85. The Morgan fingerprint density at radius 2 is 1.85 bits per heavy atom. The SMILES string of the molecule is CCCN(C1CCc2ccc(OS(=O)(=O)C(F)(F)F)cc2C1)C(C(=O)N(C)C)C1CCNCC1. The first-order valence-corrected chi connectivity index (χ1v) is 13.2. The number of fused-ring (bicyclic) bond motifs is 1. The van der Waals surface area contributed by atoms with Crippen LogP contribution in [-0.2, 0) is 27.8 Å². The summed E-state index contributed by atoms with van der Waals surface area (Å²) in [5.41, 5.74) is -3.77. The van der Waals surface area contributed by atoms with Gasteiger partial charge in [0.2, 0.25) is 5.91 Å². The van der Waals surface area contributed by atoms with Crippen molar-refractivity contribution < 1.29 is 30.6 Å². The number of piperidine rings is 1. The molecule has 1 heterocycles. The Bertz CT molecular complexity index is 963. The maximum Gasteiger partial charge on any atom is 0.534 e. The molecule has 0 spiro atoms. The number of likely N-dealkylation sites (N-methyl/N-ethyl adjacent to an activating group) is 1. The van der Waals surface area contributed by atoms with Crippen LogP contribution in [0.15, 0.2) is 18.2 Å². The number of rotatable bonds is 8. The van der Waals surface area contributed by atoms with Crippen LogP contribution in [0.5, 0.6) is 5.75 Å². The predicted octanol–water partition coefficient (Wildman–Crippen LogP) is 2.94. The largest absolute Gasteiger partial charge is 0.534 e.